The molecule has 0 radical (unpaired) electrons. The van der Waals surface area contributed by atoms with E-state index in [9.17, 15) is 9.59 Å². The molecule has 4 atom stereocenters. The summed E-state index contributed by atoms with van der Waals surface area (Å²) in [4.78, 5) is 25.1. The SMILES string of the molecule is CC[C@H]1O[C@H](OC(=O)c2ccccc2)[C@](C)(OC(=O)c2ccccc2)[C@@H]1C. The third-order valence-corrected chi connectivity index (χ3v) is 5.18. The van der Waals surface area contributed by atoms with Crippen molar-refractivity contribution in [2.75, 3.05) is 0 Å². The highest BCUT2D eigenvalue weighted by atomic mass is 16.7. The fourth-order valence-electron chi connectivity index (χ4n) is 3.30. The van der Waals surface area contributed by atoms with E-state index in [-0.39, 0.29) is 12.0 Å². The molecule has 5 nitrogen and oxygen atoms in total. The Bertz CT molecular complexity index is 789. The highest BCUT2D eigenvalue weighted by Crippen LogP contribution is 2.41. The summed E-state index contributed by atoms with van der Waals surface area (Å²) in [6, 6.07) is 17.4. The Labute approximate surface area is 159 Å². The van der Waals surface area contributed by atoms with Gasteiger partial charge < -0.3 is 14.2 Å². The Hall–Kier alpha value is -2.66. The van der Waals surface area contributed by atoms with Gasteiger partial charge >= 0.3 is 11.9 Å². The normalized spacial score (nSPS) is 27.1. The van der Waals surface area contributed by atoms with Crippen LogP contribution in [0.2, 0.25) is 0 Å². The van der Waals surface area contributed by atoms with Gasteiger partial charge in [-0.1, -0.05) is 50.2 Å². The van der Waals surface area contributed by atoms with Crippen LogP contribution in [0, 0.1) is 5.92 Å². The van der Waals surface area contributed by atoms with Crippen LogP contribution >= 0.6 is 0 Å². The number of hydrogen-bond acceptors (Lipinski definition) is 5. The summed E-state index contributed by atoms with van der Waals surface area (Å²) < 4.78 is 17.4. The minimum absolute atomic E-state index is 0.135. The van der Waals surface area contributed by atoms with Crippen LogP contribution in [-0.4, -0.2) is 29.9 Å². The second-order valence-corrected chi connectivity index (χ2v) is 6.91. The van der Waals surface area contributed by atoms with Crippen LogP contribution in [0.5, 0.6) is 0 Å². The van der Waals surface area contributed by atoms with E-state index < -0.39 is 23.8 Å². The molecule has 2 aromatic rings. The van der Waals surface area contributed by atoms with E-state index in [1.165, 1.54) is 0 Å². The van der Waals surface area contributed by atoms with Gasteiger partial charge in [0.1, 0.15) is 0 Å². The summed E-state index contributed by atoms with van der Waals surface area (Å²) >= 11 is 0. The fraction of sp³-hybridized carbons (Fsp3) is 0.364. The summed E-state index contributed by atoms with van der Waals surface area (Å²) in [5, 5.41) is 0. The molecular formula is C22H24O5. The van der Waals surface area contributed by atoms with Gasteiger partial charge in [-0.15, -0.1) is 0 Å². The van der Waals surface area contributed by atoms with Gasteiger partial charge in [0.15, 0.2) is 5.60 Å². The molecule has 0 N–H and O–H groups in total. The average Bonchev–Trinajstić information content (AvgIpc) is 2.93. The molecule has 1 aliphatic heterocycles. The number of carbonyl (C=O) groups is 2. The maximum Gasteiger partial charge on any atom is 0.340 e. The molecule has 3 rings (SSSR count). The van der Waals surface area contributed by atoms with Crippen LogP contribution in [0.25, 0.3) is 0 Å². The van der Waals surface area contributed by atoms with E-state index >= 15 is 0 Å². The molecule has 0 aromatic heterocycles. The Kier molecular flexibility index (Phi) is 5.61. The molecule has 142 valence electrons. The molecule has 27 heavy (non-hydrogen) atoms. The molecule has 0 amide bonds. The predicted octanol–water partition coefficient (Wildman–Crippen LogP) is 4.23. The average molecular weight is 368 g/mol. The highest BCUT2D eigenvalue weighted by molar-refractivity contribution is 5.90. The molecule has 2 aromatic carbocycles. The maximum absolute atomic E-state index is 12.6. The minimum atomic E-state index is -1.09. The summed E-state index contributed by atoms with van der Waals surface area (Å²) in [7, 11) is 0. The standard InChI is InChI=1S/C22H24O5/c1-4-18-15(2)22(3,27-20(24)17-13-9-6-10-14-17)21(25-18)26-19(23)16-11-7-5-8-12-16/h5-15,18,21H,4H2,1-3H3/t15-,18-,21-,22-/m1/s1. The van der Waals surface area contributed by atoms with E-state index in [4.69, 9.17) is 14.2 Å². The van der Waals surface area contributed by atoms with Crippen molar-refractivity contribution in [1.82, 2.24) is 0 Å². The third kappa shape index (κ3) is 3.88. The van der Waals surface area contributed by atoms with E-state index in [1.54, 1.807) is 55.5 Å². The number of carbonyl (C=O) groups excluding carboxylic acids is 2. The molecule has 0 bridgehead atoms. The summed E-state index contributed by atoms with van der Waals surface area (Å²) in [5.74, 6) is -1.11. The smallest absolute Gasteiger partial charge is 0.340 e. The lowest BCUT2D eigenvalue weighted by Gasteiger charge is -2.32. The van der Waals surface area contributed by atoms with E-state index in [1.807, 2.05) is 26.0 Å². The zero-order chi connectivity index (χ0) is 19.4. The van der Waals surface area contributed by atoms with Gasteiger partial charge in [-0.2, -0.15) is 0 Å². The van der Waals surface area contributed by atoms with Gasteiger partial charge in [0.2, 0.25) is 6.29 Å². The Morgan fingerprint density at radius 2 is 1.48 bits per heavy atom. The van der Waals surface area contributed by atoms with Crippen molar-refractivity contribution in [3.63, 3.8) is 0 Å². The molecule has 0 saturated carbocycles. The second kappa shape index (κ2) is 7.92. The fourth-order valence-corrected chi connectivity index (χ4v) is 3.30. The van der Waals surface area contributed by atoms with Gasteiger partial charge in [0, 0.05) is 5.92 Å². The number of benzene rings is 2. The quantitative estimate of drug-likeness (QED) is 0.739. The Morgan fingerprint density at radius 3 is 2.00 bits per heavy atom. The van der Waals surface area contributed by atoms with Crippen molar-refractivity contribution in [1.29, 1.82) is 0 Å². The maximum atomic E-state index is 12.6. The van der Waals surface area contributed by atoms with Crippen LogP contribution in [0.15, 0.2) is 60.7 Å². The van der Waals surface area contributed by atoms with Gasteiger partial charge in [-0.25, -0.2) is 9.59 Å². The topological polar surface area (TPSA) is 61.8 Å². The lowest BCUT2D eigenvalue weighted by atomic mass is 9.87. The molecule has 0 unspecified atom stereocenters. The van der Waals surface area contributed by atoms with Crippen LogP contribution < -0.4 is 0 Å². The minimum Gasteiger partial charge on any atom is -0.449 e. The van der Waals surface area contributed by atoms with Gasteiger partial charge in [-0.3, -0.25) is 0 Å². The molecule has 1 saturated heterocycles. The highest BCUT2D eigenvalue weighted by Gasteiger charge is 2.56. The monoisotopic (exact) mass is 368 g/mol. The molecule has 1 fully saturated rings. The predicted molar refractivity (Wildman–Crippen MR) is 100 cm³/mol. The lowest BCUT2D eigenvalue weighted by Crippen LogP contribution is -2.46. The van der Waals surface area contributed by atoms with Crippen molar-refractivity contribution >= 4 is 11.9 Å². The largest absolute Gasteiger partial charge is 0.449 e. The summed E-state index contributed by atoms with van der Waals surface area (Å²) in [6.45, 7) is 5.70. The molecule has 1 aliphatic rings. The zero-order valence-electron chi connectivity index (χ0n) is 15.8. The van der Waals surface area contributed by atoms with Gasteiger partial charge in [0.05, 0.1) is 17.2 Å². The Morgan fingerprint density at radius 1 is 0.963 bits per heavy atom. The summed E-state index contributed by atoms with van der Waals surface area (Å²) in [6.07, 6.45) is -0.427. The van der Waals surface area contributed by atoms with Crippen LogP contribution in [0.3, 0.4) is 0 Å². The number of rotatable bonds is 5. The van der Waals surface area contributed by atoms with Crippen LogP contribution in [0.4, 0.5) is 0 Å². The third-order valence-electron chi connectivity index (χ3n) is 5.18. The first-order valence-corrected chi connectivity index (χ1v) is 9.15. The molecule has 0 aliphatic carbocycles. The molecule has 0 spiro atoms. The van der Waals surface area contributed by atoms with Gasteiger partial charge in [0.25, 0.3) is 0 Å². The molecule has 5 heteroatoms. The molecule has 1 heterocycles. The van der Waals surface area contributed by atoms with E-state index in [0.717, 1.165) is 6.42 Å². The van der Waals surface area contributed by atoms with Crippen molar-refractivity contribution in [2.24, 2.45) is 5.92 Å². The number of hydrogen-bond donors (Lipinski definition) is 0. The van der Waals surface area contributed by atoms with Crippen LogP contribution in [-0.2, 0) is 14.2 Å². The zero-order valence-corrected chi connectivity index (χ0v) is 15.8. The first kappa shape index (κ1) is 19.1. The van der Waals surface area contributed by atoms with Crippen LogP contribution in [0.1, 0.15) is 47.9 Å². The lowest BCUT2D eigenvalue weighted by molar-refractivity contribution is -0.169. The number of ether oxygens (including phenoxy) is 3. The second-order valence-electron chi connectivity index (χ2n) is 6.91. The van der Waals surface area contributed by atoms with Crippen molar-refractivity contribution in [2.45, 2.75) is 45.2 Å². The summed E-state index contributed by atoms with van der Waals surface area (Å²) in [5.41, 5.74) is -0.220. The van der Waals surface area contributed by atoms with Gasteiger partial charge in [-0.05, 0) is 37.6 Å². The Balaban J connectivity index is 1.82. The van der Waals surface area contributed by atoms with Crippen molar-refractivity contribution < 1.29 is 23.8 Å². The van der Waals surface area contributed by atoms with Crippen molar-refractivity contribution in [3.05, 3.63) is 71.8 Å². The van der Waals surface area contributed by atoms with Crippen molar-refractivity contribution in [3.8, 4) is 0 Å². The van der Waals surface area contributed by atoms with E-state index in [0.29, 0.717) is 11.1 Å². The first-order valence-electron chi connectivity index (χ1n) is 9.15. The first-order chi connectivity index (χ1) is 13.0. The molecular weight excluding hydrogens is 344 g/mol. The number of esters is 2. The van der Waals surface area contributed by atoms with E-state index in [2.05, 4.69) is 0 Å².